The molecule has 10 heteroatoms. The molecule has 0 radical (unpaired) electrons. The van der Waals surface area contributed by atoms with Gasteiger partial charge in [0.05, 0.1) is 40.4 Å². The fourth-order valence-corrected chi connectivity index (χ4v) is 4.19. The maximum absolute atomic E-state index is 12.8. The highest BCUT2D eigenvalue weighted by atomic mass is 35.5. The first-order chi connectivity index (χ1) is 14.7. The third kappa shape index (κ3) is 5.22. The number of anilines is 2. The number of hydrogen-bond donors (Lipinski definition) is 2. The fraction of sp³-hybridized carbons (Fsp3) is 0.0952. The van der Waals surface area contributed by atoms with Crippen molar-refractivity contribution in [2.75, 3.05) is 24.3 Å². The minimum absolute atomic E-state index is 0.0765. The number of halogens is 2. The molecule has 7 nitrogen and oxygen atoms in total. The van der Waals surface area contributed by atoms with Crippen LogP contribution in [0.5, 0.6) is 11.5 Å². The number of carbonyl (C=O) groups is 1. The lowest BCUT2D eigenvalue weighted by molar-refractivity contribution is 0.102. The van der Waals surface area contributed by atoms with Gasteiger partial charge in [-0.25, -0.2) is 8.42 Å². The Morgan fingerprint density at radius 2 is 1.58 bits per heavy atom. The normalized spacial score (nSPS) is 11.0. The Hall–Kier alpha value is -2.94. The maximum atomic E-state index is 12.8. The lowest BCUT2D eigenvalue weighted by Gasteiger charge is -2.15. The second-order valence-corrected chi connectivity index (χ2v) is 8.75. The number of benzene rings is 3. The summed E-state index contributed by atoms with van der Waals surface area (Å²) in [5.41, 5.74) is 0.814. The van der Waals surface area contributed by atoms with E-state index >= 15 is 0 Å². The first-order valence-electron chi connectivity index (χ1n) is 8.85. The Morgan fingerprint density at radius 3 is 2.26 bits per heavy atom. The van der Waals surface area contributed by atoms with Crippen LogP contribution < -0.4 is 19.5 Å². The number of sulfonamides is 1. The zero-order chi connectivity index (χ0) is 22.6. The lowest BCUT2D eigenvalue weighted by Crippen LogP contribution is -2.15. The van der Waals surface area contributed by atoms with E-state index < -0.39 is 15.9 Å². The molecule has 0 aromatic heterocycles. The average Bonchev–Trinajstić information content (AvgIpc) is 2.75. The molecule has 0 aliphatic carbocycles. The van der Waals surface area contributed by atoms with Crippen LogP contribution in [0, 0.1) is 0 Å². The van der Waals surface area contributed by atoms with Crippen LogP contribution in [0.25, 0.3) is 0 Å². The van der Waals surface area contributed by atoms with E-state index in [2.05, 4.69) is 10.0 Å². The van der Waals surface area contributed by atoms with Crippen molar-refractivity contribution in [3.63, 3.8) is 0 Å². The largest absolute Gasteiger partial charge is 0.496 e. The van der Waals surface area contributed by atoms with Crippen LogP contribution in [0.4, 0.5) is 11.4 Å². The van der Waals surface area contributed by atoms with E-state index in [0.29, 0.717) is 17.0 Å². The number of nitrogens with one attached hydrogen (secondary N) is 2. The highest BCUT2D eigenvalue weighted by Gasteiger charge is 2.19. The lowest BCUT2D eigenvalue weighted by atomic mass is 10.1. The predicted octanol–water partition coefficient (Wildman–Crippen LogP) is 5.06. The van der Waals surface area contributed by atoms with E-state index in [-0.39, 0.29) is 26.4 Å². The summed E-state index contributed by atoms with van der Waals surface area (Å²) < 4.78 is 38.5. The highest BCUT2D eigenvalue weighted by molar-refractivity contribution is 7.92. The fourth-order valence-electron chi connectivity index (χ4n) is 2.74. The molecule has 0 atom stereocenters. The third-order valence-electron chi connectivity index (χ3n) is 4.25. The molecular weight excluding hydrogens is 463 g/mol. The second kappa shape index (κ2) is 9.47. The van der Waals surface area contributed by atoms with Gasteiger partial charge < -0.3 is 14.8 Å². The Kier molecular flexibility index (Phi) is 6.94. The molecule has 3 aromatic rings. The van der Waals surface area contributed by atoms with Gasteiger partial charge in [-0.1, -0.05) is 35.3 Å². The van der Waals surface area contributed by atoms with Gasteiger partial charge in [0.25, 0.3) is 15.9 Å². The average molecular weight is 481 g/mol. The van der Waals surface area contributed by atoms with Crippen molar-refractivity contribution in [2.45, 2.75) is 4.90 Å². The molecule has 3 rings (SSSR count). The van der Waals surface area contributed by atoms with E-state index in [4.69, 9.17) is 32.7 Å². The number of rotatable bonds is 7. The van der Waals surface area contributed by atoms with Gasteiger partial charge in [-0.15, -0.1) is 0 Å². The van der Waals surface area contributed by atoms with Crippen LogP contribution in [-0.4, -0.2) is 28.5 Å². The monoisotopic (exact) mass is 480 g/mol. The summed E-state index contributed by atoms with van der Waals surface area (Å²) in [7, 11) is -1.13. The van der Waals surface area contributed by atoms with Crippen molar-refractivity contribution in [3.05, 3.63) is 76.3 Å². The molecule has 0 unspecified atom stereocenters. The zero-order valence-corrected chi connectivity index (χ0v) is 18.8. The van der Waals surface area contributed by atoms with Gasteiger partial charge in [-0.2, -0.15) is 0 Å². The van der Waals surface area contributed by atoms with E-state index in [1.807, 2.05) is 0 Å². The summed E-state index contributed by atoms with van der Waals surface area (Å²) in [6.07, 6.45) is 0. The number of methoxy groups -OCH3 is 2. The quantitative estimate of drug-likeness (QED) is 0.492. The minimum Gasteiger partial charge on any atom is -0.496 e. The first kappa shape index (κ1) is 22.7. The van der Waals surface area contributed by atoms with E-state index in [1.54, 1.807) is 30.3 Å². The van der Waals surface area contributed by atoms with E-state index in [0.717, 1.165) is 0 Å². The van der Waals surface area contributed by atoms with E-state index in [1.165, 1.54) is 44.6 Å². The van der Waals surface area contributed by atoms with Gasteiger partial charge in [0.15, 0.2) is 0 Å². The summed E-state index contributed by atoms with van der Waals surface area (Å²) in [5.74, 6) is 0.258. The van der Waals surface area contributed by atoms with Gasteiger partial charge in [-0.3, -0.25) is 9.52 Å². The van der Waals surface area contributed by atoms with Gasteiger partial charge in [0.2, 0.25) is 0 Å². The Bertz CT molecular complexity index is 1230. The summed E-state index contributed by atoms with van der Waals surface area (Å²) in [5, 5.41) is 3.06. The standard InChI is InChI=1S/C21H18Cl2N2O5S/c1-29-19-6-4-3-5-15(19)21(26)24-13-7-10-20(30-2)18(11-13)25-31(27,28)14-8-9-16(22)17(23)12-14/h3-12,25H,1-2H3,(H,24,26). The molecular formula is C21H18Cl2N2O5S. The van der Waals surface area contributed by atoms with Crippen molar-refractivity contribution < 1.29 is 22.7 Å². The molecule has 0 fully saturated rings. The van der Waals surface area contributed by atoms with Gasteiger partial charge in [0, 0.05) is 5.69 Å². The number of amides is 1. The predicted molar refractivity (Wildman–Crippen MR) is 121 cm³/mol. The molecule has 0 saturated heterocycles. The summed E-state index contributed by atoms with van der Waals surface area (Å²) in [6.45, 7) is 0. The zero-order valence-electron chi connectivity index (χ0n) is 16.5. The van der Waals surface area contributed by atoms with Crippen LogP contribution in [0.15, 0.2) is 65.6 Å². The van der Waals surface area contributed by atoms with Gasteiger partial charge >= 0.3 is 0 Å². The van der Waals surface area contributed by atoms with Crippen LogP contribution in [0.1, 0.15) is 10.4 Å². The van der Waals surface area contributed by atoms with Crippen molar-refractivity contribution >= 4 is 50.5 Å². The number of para-hydroxylation sites is 1. The number of carbonyl (C=O) groups excluding carboxylic acids is 1. The summed E-state index contributed by atoms with van der Waals surface area (Å²) in [4.78, 5) is 12.6. The third-order valence-corrected chi connectivity index (χ3v) is 6.36. The van der Waals surface area contributed by atoms with Crippen LogP contribution in [0.3, 0.4) is 0 Å². The van der Waals surface area contributed by atoms with Crippen LogP contribution >= 0.6 is 23.2 Å². The van der Waals surface area contributed by atoms with Crippen molar-refractivity contribution in [2.24, 2.45) is 0 Å². The van der Waals surface area contributed by atoms with Crippen LogP contribution in [-0.2, 0) is 10.0 Å². The Labute approximate surface area is 189 Å². The molecule has 3 aromatic carbocycles. The molecule has 2 N–H and O–H groups in total. The van der Waals surface area contributed by atoms with Crippen molar-refractivity contribution in [1.29, 1.82) is 0 Å². The van der Waals surface area contributed by atoms with Gasteiger partial charge in [0.1, 0.15) is 11.5 Å². The van der Waals surface area contributed by atoms with E-state index in [9.17, 15) is 13.2 Å². The second-order valence-electron chi connectivity index (χ2n) is 6.25. The molecule has 31 heavy (non-hydrogen) atoms. The van der Waals surface area contributed by atoms with Crippen molar-refractivity contribution in [1.82, 2.24) is 0 Å². The molecule has 0 aliphatic rings. The van der Waals surface area contributed by atoms with Crippen LogP contribution in [0.2, 0.25) is 10.0 Å². The number of hydrogen-bond acceptors (Lipinski definition) is 5. The molecule has 0 spiro atoms. The minimum atomic E-state index is -4.00. The number of ether oxygens (including phenoxy) is 2. The topological polar surface area (TPSA) is 93.7 Å². The SMILES string of the molecule is COc1ccc(NC(=O)c2ccccc2OC)cc1NS(=O)(=O)c1ccc(Cl)c(Cl)c1. The van der Waals surface area contributed by atoms with Gasteiger partial charge in [-0.05, 0) is 48.5 Å². The smallest absolute Gasteiger partial charge is 0.262 e. The highest BCUT2D eigenvalue weighted by Crippen LogP contribution is 2.32. The van der Waals surface area contributed by atoms with Crippen molar-refractivity contribution in [3.8, 4) is 11.5 Å². The Balaban J connectivity index is 1.90. The molecule has 0 saturated carbocycles. The molecule has 0 bridgehead atoms. The summed E-state index contributed by atoms with van der Waals surface area (Å²) in [6, 6.07) is 15.3. The summed E-state index contributed by atoms with van der Waals surface area (Å²) >= 11 is 11.8. The maximum Gasteiger partial charge on any atom is 0.262 e. The Morgan fingerprint density at radius 1 is 0.871 bits per heavy atom. The molecule has 1 amide bonds. The molecule has 0 aliphatic heterocycles. The molecule has 0 heterocycles. The first-order valence-corrected chi connectivity index (χ1v) is 11.1. The molecule has 162 valence electrons.